The first-order valence-corrected chi connectivity index (χ1v) is 7.53. The third kappa shape index (κ3) is 2.94. The number of carbonyl (C=O) groups excluding carboxylic acids is 1. The Hall–Kier alpha value is -3.61. The van der Waals surface area contributed by atoms with E-state index in [1.807, 2.05) is 18.2 Å². The van der Waals surface area contributed by atoms with Crippen molar-refractivity contribution in [2.24, 2.45) is 10.8 Å². The summed E-state index contributed by atoms with van der Waals surface area (Å²) in [6, 6.07) is 15.2. The number of nitrogens with two attached hydrogens (primary N) is 1. The van der Waals surface area contributed by atoms with Crippen LogP contribution in [-0.4, -0.2) is 21.4 Å². The number of para-hydroxylation sites is 2. The predicted molar refractivity (Wildman–Crippen MR) is 96.1 cm³/mol. The highest BCUT2D eigenvalue weighted by molar-refractivity contribution is 6.05. The van der Waals surface area contributed by atoms with Gasteiger partial charge in [0.25, 0.3) is 5.56 Å². The molecule has 0 aliphatic heterocycles. The molecule has 7 nitrogen and oxygen atoms in total. The number of urea groups is 1. The lowest BCUT2D eigenvalue weighted by Gasteiger charge is -2.15. The van der Waals surface area contributed by atoms with Crippen LogP contribution < -0.4 is 16.7 Å². The molecule has 126 valence electrons. The molecular weight excluding hydrogens is 320 g/mol. The highest BCUT2D eigenvalue weighted by Gasteiger charge is 2.19. The number of aromatic nitrogens is 1. The van der Waals surface area contributed by atoms with Gasteiger partial charge in [-0.2, -0.15) is 5.10 Å². The summed E-state index contributed by atoms with van der Waals surface area (Å²) < 4.78 is 1.49. The molecule has 4 N–H and O–H groups in total. The van der Waals surface area contributed by atoms with Crippen LogP contribution in [0.5, 0.6) is 5.75 Å². The average Bonchev–Trinajstić information content (AvgIpc) is 2.61. The average molecular weight is 336 g/mol. The van der Waals surface area contributed by atoms with E-state index in [0.717, 1.165) is 0 Å². The number of aromatic hydroxyl groups is 1. The molecule has 3 aromatic rings. The van der Waals surface area contributed by atoms with E-state index < -0.39 is 11.6 Å². The van der Waals surface area contributed by atoms with Crippen LogP contribution in [0.15, 0.2) is 64.5 Å². The van der Waals surface area contributed by atoms with Crippen molar-refractivity contribution < 1.29 is 9.90 Å². The standard InChI is InChI=1S/C18H16N4O3/c1-11(20-21-18(19)25)15-16(23)13-9-5-6-10-14(13)22(17(15)24)12-7-3-2-4-8-12/h2-10,23H,1H3,(H3,19,21,25). The Kier molecular flexibility index (Phi) is 4.21. The van der Waals surface area contributed by atoms with E-state index in [2.05, 4.69) is 10.5 Å². The second kappa shape index (κ2) is 6.48. The zero-order chi connectivity index (χ0) is 18.0. The Bertz CT molecular complexity index is 1040. The number of fused-ring (bicyclic) bond motifs is 1. The van der Waals surface area contributed by atoms with Crippen molar-refractivity contribution in [2.75, 3.05) is 0 Å². The monoisotopic (exact) mass is 336 g/mol. The van der Waals surface area contributed by atoms with Crippen molar-refractivity contribution in [3.05, 3.63) is 70.5 Å². The Labute approximate surface area is 143 Å². The first-order chi connectivity index (χ1) is 12.0. The third-order valence-electron chi connectivity index (χ3n) is 3.76. The fourth-order valence-electron chi connectivity index (χ4n) is 2.68. The number of hydrogen-bond donors (Lipinski definition) is 3. The summed E-state index contributed by atoms with van der Waals surface area (Å²) in [4.78, 5) is 23.9. The molecule has 0 atom stereocenters. The lowest BCUT2D eigenvalue weighted by molar-refractivity contribution is 0.249. The largest absolute Gasteiger partial charge is 0.506 e. The van der Waals surface area contributed by atoms with E-state index in [9.17, 15) is 14.7 Å². The van der Waals surface area contributed by atoms with Crippen molar-refractivity contribution in [3.8, 4) is 11.4 Å². The van der Waals surface area contributed by atoms with Crippen LogP contribution in [0.4, 0.5) is 4.79 Å². The van der Waals surface area contributed by atoms with Crippen LogP contribution in [0, 0.1) is 0 Å². The van der Waals surface area contributed by atoms with Gasteiger partial charge in [-0.15, -0.1) is 0 Å². The Balaban J connectivity index is 2.38. The van der Waals surface area contributed by atoms with Crippen LogP contribution in [-0.2, 0) is 0 Å². The van der Waals surface area contributed by atoms with Crippen LogP contribution in [0.3, 0.4) is 0 Å². The summed E-state index contributed by atoms with van der Waals surface area (Å²) in [6.45, 7) is 1.51. The van der Waals surface area contributed by atoms with Crippen LogP contribution in [0.2, 0.25) is 0 Å². The van der Waals surface area contributed by atoms with E-state index in [4.69, 9.17) is 5.73 Å². The normalized spacial score (nSPS) is 11.5. The van der Waals surface area contributed by atoms with Gasteiger partial charge in [0.05, 0.1) is 11.2 Å². The van der Waals surface area contributed by atoms with Crippen LogP contribution in [0.1, 0.15) is 12.5 Å². The van der Waals surface area contributed by atoms with E-state index in [1.165, 1.54) is 11.5 Å². The Morgan fingerprint density at radius 2 is 1.76 bits per heavy atom. The summed E-state index contributed by atoms with van der Waals surface area (Å²) >= 11 is 0. The number of primary amides is 1. The number of amides is 2. The molecule has 0 aliphatic rings. The molecule has 7 heteroatoms. The van der Waals surface area contributed by atoms with Gasteiger partial charge in [0.2, 0.25) is 0 Å². The van der Waals surface area contributed by atoms with E-state index in [0.29, 0.717) is 16.6 Å². The van der Waals surface area contributed by atoms with Gasteiger partial charge < -0.3 is 10.8 Å². The SMILES string of the molecule is CC(=NNC(N)=O)c1c(O)c2ccccc2n(-c2ccccc2)c1=O. The lowest BCUT2D eigenvalue weighted by atomic mass is 10.1. The molecule has 0 unspecified atom stereocenters. The molecule has 1 heterocycles. The van der Waals surface area contributed by atoms with Crippen molar-refractivity contribution in [1.82, 2.24) is 9.99 Å². The highest BCUT2D eigenvalue weighted by atomic mass is 16.3. The number of pyridine rings is 1. The number of nitrogens with one attached hydrogen (secondary N) is 1. The fourth-order valence-corrected chi connectivity index (χ4v) is 2.68. The zero-order valence-corrected chi connectivity index (χ0v) is 13.4. The molecule has 0 spiro atoms. The molecule has 3 rings (SSSR count). The number of benzene rings is 2. The maximum atomic E-state index is 13.1. The second-order valence-corrected chi connectivity index (χ2v) is 5.39. The van der Waals surface area contributed by atoms with E-state index in [-0.39, 0.29) is 17.0 Å². The van der Waals surface area contributed by atoms with Gasteiger partial charge in [0, 0.05) is 11.1 Å². The number of hydrogen-bond acceptors (Lipinski definition) is 4. The lowest BCUT2D eigenvalue weighted by Crippen LogP contribution is -2.29. The predicted octanol–water partition coefficient (Wildman–Crippen LogP) is 2.09. The van der Waals surface area contributed by atoms with Crippen molar-refractivity contribution in [1.29, 1.82) is 0 Å². The van der Waals surface area contributed by atoms with Gasteiger partial charge in [-0.1, -0.05) is 30.3 Å². The quantitative estimate of drug-likeness (QED) is 0.503. The van der Waals surface area contributed by atoms with E-state index in [1.54, 1.807) is 36.4 Å². The molecule has 1 aromatic heterocycles. The molecule has 0 radical (unpaired) electrons. The minimum absolute atomic E-state index is 0.00342. The van der Waals surface area contributed by atoms with Crippen molar-refractivity contribution >= 4 is 22.6 Å². The van der Waals surface area contributed by atoms with Gasteiger partial charge in [-0.3, -0.25) is 9.36 Å². The van der Waals surface area contributed by atoms with Gasteiger partial charge in [0.1, 0.15) is 11.3 Å². The van der Waals surface area contributed by atoms with Gasteiger partial charge in [-0.05, 0) is 31.2 Å². The first kappa shape index (κ1) is 16.3. The number of hydrazone groups is 1. The molecule has 0 saturated carbocycles. The summed E-state index contributed by atoms with van der Waals surface area (Å²) in [5.74, 6) is -0.194. The van der Waals surface area contributed by atoms with Gasteiger partial charge in [0.15, 0.2) is 0 Å². The van der Waals surface area contributed by atoms with E-state index >= 15 is 0 Å². The molecule has 0 aliphatic carbocycles. The summed E-state index contributed by atoms with van der Waals surface area (Å²) in [5.41, 5.74) is 7.99. The maximum Gasteiger partial charge on any atom is 0.332 e. The highest BCUT2D eigenvalue weighted by Crippen LogP contribution is 2.28. The summed E-state index contributed by atoms with van der Waals surface area (Å²) in [5, 5.41) is 14.9. The number of rotatable bonds is 3. The smallest absolute Gasteiger partial charge is 0.332 e. The second-order valence-electron chi connectivity index (χ2n) is 5.39. The van der Waals surface area contributed by atoms with Crippen molar-refractivity contribution in [2.45, 2.75) is 6.92 Å². The molecule has 25 heavy (non-hydrogen) atoms. The summed E-state index contributed by atoms with van der Waals surface area (Å²) in [7, 11) is 0. The Morgan fingerprint density at radius 3 is 2.44 bits per heavy atom. The zero-order valence-electron chi connectivity index (χ0n) is 13.4. The van der Waals surface area contributed by atoms with Crippen LogP contribution >= 0.6 is 0 Å². The number of carbonyl (C=O) groups is 1. The topological polar surface area (TPSA) is 110 Å². The molecule has 0 bridgehead atoms. The molecule has 0 saturated heterocycles. The van der Waals surface area contributed by atoms with Crippen LogP contribution in [0.25, 0.3) is 16.6 Å². The van der Waals surface area contributed by atoms with Gasteiger partial charge >= 0.3 is 6.03 Å². The molecule has 2 aromatic carbocycles. The fraction of sp³-hybridized carbons (Fsp3) is 0.0556. The molecular formula is C18H16N4O3. The number of nitrogens with zero attached hydrogens (tertiary/aromatic N) is 2. The molecule has 2 amide bonds. The summed E-state index contributed by atoms with van der Waals surface area (Å²) in [6.07, 6.45) is 0. The Morgan fingerprint density at radius 1 is 1.12 bits per heavy atom. The van der Waals surface area contributed by atoms with Gasteiger partial charge in [-0.25, -0.2) is 10.2 Å². The minimum atomic E-state index is -0.858. The third-order valence-corrected chi connectivity index (χ3v) is 3.76. The minimum Gasteiger partial charge on any atom is -0.506 e. The first-order valence-electron chi connectivity index (χ1n) is 7.53. The maximum absolute atomic E-state index is 13.1. The van der Waals surface area contributed by atoms with Crippen molar-refractivity contribution in [3.63, 3.8) is 0 Å². The molecule has 0 fully saturated rings.